The zero-order valence-electron chi connectivity index (χ0n) is 12.3. The summed E-state index contributed by atoms with van der Waals surface area (Å²) in [5, 5.41) is 1.20. The monoisotopic (exact) mass is 347 g/mol. The fraction of sp³-hybridized carbons (Fsp3) is 0.471. The Morgan fingerprint density at radius 2 is 2.19 bits per heavy atom. The van der Waals surface area contributed by atoms with Gasteiger partial charge in [0.05, 0.1) is 5.52 Å². The molecule has 1 fully saturated rings. The van der Waals surface area contributed by atoms with Gasteiger partial charge >= 0.3 is 0 Å². The fourth-order valence-corrected chi connectivity index (χ4v) is 3.78. The van der Waals surface area contributed by atoms with Crippen molar-refractivity contribution < 1.29 is 0 Å². The number of likely N-dealkylation sites (tertiary alicyclic amines) is 1. The second-order valence-corrected chi connectivity index (χ2v) is 6.66. The molecular formula is C17H22BrN3. The Hall–Kier alpha value is -0.970. The Morgan fingerprint density at radius 1 is 1.29 bits per heavy atom. The number of rotatable bonds is 4. The number of hydrogen-bond donors (Lipinski definition) is 1. The molecule has 3 rings (SSSR count). The predicted molar refractivity (Wildman–Crippen MR) is 91.2 cm³/mol. The first kappa shape index (κ1) is 14.9. The minimum atomic E-state index is 0.631. The lowest BCUT2D eigenvalue weighted by molar-refractivity contribution is 0.134. The number of piperidine rings is 1. The largest absolute Gasteiger partial charge is 0.330 e. The molecule has 112 valence electrons. The van der Waals surface area contributed by atoms with E-state index in [9.17, 15) is 0 Å². The summed E-state index contributed by atoms with van der Waals surface area (Å²) in [6.45, 7) is 2.93. The molecule has 3 nitrogen and oxygen atoms in total. The third-order valence-electron chi connectivity index (χ3n) is 4.42. The van der Waals surface area contributed by atoms with E-state index in [1.54, 1.807) is 0 Å². The average molecular weight is 348 g/mol. The van der Waals surface area contributed by atoms with Gasteiger partial charge in [-0.1, -0.05) is 34.5 Å². The van der Waals surface area contributed by atoms with Crippen LogP contribution in [0.15, 0.2) is 34.9 Å². The normalized spacial score (nSPS) is 20.0. The standard InChI is InChI=1S/C17H22BrN3/c18-16-7-6-13(17-15(16)5-3-10-20-17)12-21-11-2-1-4-14(21)8-9-19/h3,5-7,10,14H,1-2,4,8-9,11-12,19H2. The van der Waals surface area contributed by atoms with Gasteiger partial charge in [-0.2, -0.15) is 0 Å². The van der Waals surface area contributed by atoms with Gasteiger partial charge in [-0.15, -0.1) is 0 Å². The third kappa shape index (κ3) is 3.28. The van der Waals surface area contributed by atoms with Crippen LogP contribution in [-0.2, 0) is 6.54 Å². The lowest BCUT2D eigenvalue weighted by Gasteiger charge is -2.35. The van der Waals surface area contributed by atoms with Gasteiger partial charge in [-0.05, 0) is 50.0 Å². The Balaban J connectivity index is 1.88. The molecule has 1 saturated heterocycles. The van der Waals surface area contributed by atoms with E-state index in [2.05, 4.69) is 44.0 Å². The molecule has 2 heterocycles. The zero-order chi connectivity index (χ0) is 14.7. The van der Waals surface area contributed by atoms with E-state index in [-0.39, 0.29) is 0 Å². The van der Waals surface area contributed by atoms with Crippen LogP contribution in [0.5, 0.6) is 0 Å². The number of fused-ring (bicyclic) bond motifs is 1. The van der Waals surface area contributed by atoms with Gasteiger partial charge in [0.2, 0.25) is 0 Å². The molecule has 4 heteroatoms. The van der Waals surface area contributed by atoms with Gasteiger partial charge in [0, 0.05) is 28.6 Å². The van der Waals surface area contributed by atoms with Crippen molar-refractivity contribution in [2.45, 2.75) is 38.3 Å². The van der Waals surface area contributed by atoms with Crippen molar-refractivity contribution in [3.8, 4) is 0 Å². The molecule has 2 aromatic rings. The van der Waals surface area contributed by atoms with E-state index < -0.39 is 0 Å². The first-order valence-electron chi connectivity index (χ1n) is 7.76. The Bertz CT molecular complexity index is 612. The minimum Gasteiger partial charge on any atom is -0.330 e. The van der Waals surface area contributed by atoms with E-state index >= 15 is 0 Å². The SMILES string of the molecule is NCCC1CCCCN1Cc1ccc(Br)c2cccnc12. The van der Waals surface area contributed by atoms with Crippen molar-refractivity contribution in [2.75, 3.05) is 13.1 Å². The number of hydrogen-bond acceptors (Lipinski definition) is 3. The molecule has 1 aliphatic rings. The highest BCUT2D eigenvalue weighted by Crippen LogP contribution is 2.28. The van der Waals surface area contributed by atoms with Crippen LogP contribution in [0.1, 0.15) is 31.2 Å². The maximum atomic E-state index is 5.78. The summed E-state index contributed by atoms with van der Waals surface area (Å²) >= 11 is 3.62. The second-order valence-electron chi connectivity index (χ2n) is 5.80. The number of pyridine rings is 1. The van der Waals surface area contributed by atoms with Crippen LogP contribution in [0.2, 0.25) is 0 Å². The van der Waals surface area contributed by atoms with Crippen LogP contribution in [0.25, 0.3) is 10.9 Å². The van der Waals surface area contributed by atoms with Crippen molar-refractivity contribution in [3.63, 3.8) is 0 Å². The van der Waals surface area contributed by atoms with Crippen molar-refractivity contribution in [2.24, 2.45) is 5.73 Å². The summed E-state index contributed by atoms with van der Waals surface area (Å²) in [6.07, 6.45) is 6.89. The fourth-order valence-electron chi connectivity index (χ4n) is 3.33. The molecule has 2 N–H and O–H groups in total. The van der Waals surface area contributed by atoms with E-state index in [4.69, 9.17) is 5.73 Å². The predicted octanol–water partition coefficient (Wildman–Crippen LogP) is 3.70. The van der Waals surface area contributed by atoms with Gasteiger partial charge in [0.15, 0.2) is 0 Å². The molecule has 1 atom stereocenters. The van der Waals surface area contributed by atoms with Crippen molar-refractivity contribution in [3.05, 3.63) is 40.5 Å². The number of nitrogens with zero attached hydrogens (tertiary/aromatic N) is 2. The van der Waals surface area contributed by atoms with Crippen LogP contribution in [-0.4, -0.2) is 29.0 Å². The molecule has 0 bridgehead atoms. The maximum Gasteiger partial charge on any atom is 0.0758 e. The highest BCUT2D eigenvalue weighted by atomic mass is 79.9. The highest BCUT2D eigenvalue weighted by Gasteiger charge is 2.22. The molecule has 0 aliphatic carbocycles. The van der Waals surface area contributed by atoms with Crippen molar-refractivity contribution >= 4 is 26.8 Å². The first-order valence-corrected chi connectivity index (χ1v) is 8.55. The highest BCUT2D eigenvalue weighted by molar-refractivity contribution is 9.10. The van der Waals surface area contributed by atoms with E-state index in [0.717, 1.165) is 29.5 Å². The van der Waals surface area contributed by atoms with Gasteiger partial charge < -0.3 is 5.73 Å². The summed E-state index contributed by atoms with van der Waals surface area (Å²) in [5.41, 5.74) is 8.21. The van der Waals surface area contributed by atoms with Crippen LogP contribution in [0, 0.1) is 0 Å². The third-order valence-corrected chi connectivity index (χ3v) is 5.11. The molecule has 1 aliphatic heterocycles. The van der Waals surface area contributed by atoms with Gasteiger partial charge in [-0.3, -0.25) is 9.88 Å². The lowest BCUT2D eigenvalue weighted by Crippen LogP contribution is -2.40. The number of nitrogens with two attached hydrogens (primary N) is 1. The summed E-state index contributed by atoms with van der Waals surface area (Å²) in [4.78, 5) is 7.19. The minimum absolute atomic E-state index is 0.631. The number of benzene rings is 1. The van der Waals surface area contributed by atoms with Crippen LogP contribution < -0.4 is 5.73 Å². The molecule has 0 spiro atoms. The van der Waals surface area contributed by atoms with E-state index in [0.29, 0.717) is 6.04 Å². The molecule has 21 heavy (non-hydrogen) atoms. The quantitative estimate of drug-likeness (QED) is 0.916. The van der Waals surface area contributed by atoms with Crippen LogP contribution >= 0.6 is 15.9 Å². The molecule has 1 unspecified atom stereocenters. The average Bonchev–Trinajstić information content (AvgIpc) is 2.52. The Labute approximate surface area is 134 Å². The van der Waals surface area contributed by atoms with Crippen molar-refractivity contribution in [1.29, 1.82) is 0 Å². The van der Waals surface area contributed by atoms with Gasteiger partial charge in [0.25, 0.3) is 0 Å². The van der Waals surface area contributed by atoms with E-state index in [1.807, 2.05) is 12.3 Å². The van der Waals surface area contributed by atoms with Crippen LogP contribution in [0.3, 0.4) is 0 Å². The first-order chi connectivity index (χ1) is 10.3. The zero-order valence-corrected chi connectivity index (χ0v) is 13.8. The second kappa shape index (κ2) is 6.86. The van der Waals surface area contributed by atoms with Crippen LogP contribution in [0.4, 0.5) is 0 Å². The molecule has 1 aromatic heterocycles. The molecule has 0 saturated carbocycles. The van der Waals surface area contributed by atoms with Gasteiger partial charge in [0.1, 0.15) is 0 Å². The lowest BCUT2D eigenvalue weighted by atomic mass is 9.98. The molecule has 0 amide bonds. The van der Waals surface area contributed by atoms with Crippen molar-refractivity contribution in [1.82, 2.24) is 9.88 Å². The summed E-state index contributed by atoms with van der Waals surface area (Å²) in [6, 6.07) is 9.10. The number of aromatic nitrogens is 1. The number of halogens is 1. The Morgan fingerprint density at radius 3 is 3.05 bits per heavy atom. The summed E-state index contributed by atoms with van der Waals surface area (Å²) < 4.78 is 1.12. The maximum absolute atomic E-state index is 5.78. The molecule has 1 aromatic carbocycles. The Kier molecular flexibility index (Phi) is 4.88. The topological polar surface area (TPSA) is 42.1 Å². The summed E-state index contributed by atoms with van der Waals surface area (Å²) in [7, 11) is 0. The molecule has 0 radical (unpaired) electrons. The smallest absolute Gasteiger partial charge is 0.0758 e. The van der Waals surface area contributed by atoms with E-state index in [1.165, 1.54) is 36.8 Å². The summed E-state index contributed by atoms with van der Waals surface area (Å²) in [5.74, 6) is 0. The molecular weight excluding hydrogens is 326 g/mol. The van der Waals surface area contributed by atoms with Gasteiger partial charge in [-0.25, -0.2) is 0 Å².